The van der Waals surface area contributed by atoms with Gasteiger partial charge in [0.05, 0.1) is 11.6 Å². The Kier molecular flexibility index (Phi) is 5.45. The summed E-state index contributed by atoms with van der Waals surface area (Å²) in [6.45, 7) is 2.04. The molecule has 1 atom stereocenters. The van der Waals surface area contributed by atoms with E-state index in [0.29, 0.717) is 11.5 Å². The summed E-state index contributed by atoms with van der Waals surface area (Å²) >= 11 is 0. The first-order chi connectivity index (χ1) is 12.6. The van der Waals surface area contributed by atoms with Gasteiger partial charge in [0, 0.05) is 12.4 Å². The lowest BCUT2D eigenvalue weighted by Gasteiger charge is -2.18. The molecule has 0 spiro atoms. The predicted octanol–water partition coefficient (Wildman–Crippen LogP) is 4.56. The van der Waals surface area contributed by atoms with Gasteiger partial charge in [0.2, 0.25) is 5.95 Å². The first-order valence-corrected chi connectivity index (χ1v) is 8.02. The molecule has 0 fully saturated rings. The second kappa shape index (κ2) is 7.94. The lowest BCUT2D eigenvalue weighted by atomic mass is 10.0. The molecule has 6 nitrogen and oxygen atoms in total. The molecule has 136 valence electrons. The van der Waals surface area contributed by atoms with Gasteiger partial charge >= 0.3 is 6.43 Å². The van der Waals surface area contributed by atoms with Crippen LogP contribution >= 0.6 is 0 Å². The quantitative estimate of drug-likeness (QED) is 0.663. The number of alkyl halides is 2. The number of anilines is 1. The third-order valence-corrected chi connectivity index (χ3v) is 3.68. The maximum atomic E-state index is 13.1. The Morgan fingerprint density at radius 2 is 1.77 bits per heavy atom. The number of nitrogens with one attached hydrogen (secondary N) is 1. The van der Waals surface area contributed by atoms with Gasteiger partial charge in [0.25, 0.3) is 11.8 Å². The Morgan fingerprint density at radius 3 is 2.35 bits per heavy atom. The molecule has 26 heavy (non-hydrogen) atoms. The molecule has 2 aromatic heterocycles. The van der Waals surface area contributed by atoms with Crippen molar-refractivity contribution in [2.75, 3.05) is 5.32 Å². The van der Waals surface area contributed by atoms with Gasteiger partial charge in [-0.2, -0.15) is 8.78 Å². The molecule has 0 radical (unpaired) electrons. The summed E-state index contributed by atoms with van der Waals surface area (Å²) in [5, 5.41) is 10.0. The summed E-state index contributed by atoms with van der Waals surface area (Å²) in [6.07, 6.45) is 1.70. The average Bonchev–Trinajstić information content (AvgIpc) is 3.13. The van der Waals surface area contributed by atoms with Crippen molar-refractivity contribution in [3.05, 3.63) is 53.9 Å². The van der Waals surface area contributed by atoms with Crippen molar-refractivity contribution >= 4 is 5.95 Å². The predicted molar refractivity (Wildman–Crippen MR) is 88.0 cm³/mol. The molecular weight excluding hydrogens is 347 g/mol. The van der Waals surface area contributed by atoms with Crippen molar-refractivity contribution < 1.29 is 17.6 Å². The molecule has 0 aliphatic heterocycles. The highest BCUT2D eigenvalue weighted by molar-refractivity contribution is 5.50. The number of rotatable bonds is 7. The third-order valence-electron chi connectivity index (χ3n) is 3.68. The van der Waals surface area contributed by atoms with E-state index in [0.717, 1.165) is 18.4 Å². The Morgan fingerprint density at radius 1 is 1.08 bits per heavy atom. The molecule has 0 saturated carbocycles. The van der Waals surface area contributed by atoms with Crippen molar-refractivity contribution in [1.82, 2.24) is 20.2 Å². The molecule has 3 rings (SSSR count). The van der Waals surface area contributed by atoms with E-state index in [2.05, 4.69) is 25.5 Å². The normalized spacial score (nSPS) is 12.3. The smallest absolute Gasteiger partial charge is 0.314 e. The van der Waals surface area contributed by atoms with Gasteiger partial charge in [-0.1, -0.05) is 25.5 Å². The van der Waals surface area contributed by atoms with Crippen LogP contribution < -0.4 is 5.32 Å². The number of nitrogens with zero attached hydrogens (tertiary/aromatic N) is 4. The minimum Gasteiger partial charge on any atom is -0.415 e. The van der Waals surface area contributed by atoms with Gasteiger partial charge < -0.3 is 9.73 Å². The average molecular weight is 363 g/mol. The van der Waals surface area contributed by atoms with Gasteiger partial charge in [-0.3, -0.25) is 0 Å². The molecule has 1 unspecified atom stereocenters. The van der Waals surface area contributed by atoms with Crippen molar-refractivity contribution in [3.8, 4) is 11.5 Å². The molecule has 0 aliphatic rings. The first-order valence-electron chi connectivity index (χ1n) is 8.02. The monoisotopic (exact) mass is 363 g/mol. The van der Waals surface area contributed by atoms with E-state index < -0.39 is 12.3 Å². The molecule has 0 amide bonds. The zero-order valence-corrected chi connectivity index (χ0v) is 13.9. The first kappa shape index (κ1) is 17.8. The molecular formula is C17H16F3N5O. The molecule has 1 N–H and O–H groups in total. The van der Waals surface area contributed by atoms with E-state index in [1.165, 1.54) is 24.5 Å². The Balaban J connectivity index is 1.75. The number of hydrogen-bond donors (Lipinski definition) is 1. The van der Waals surface area contributed by atoms with Crippen LogP contribution in [0.15, 0.2) is 41.1 Å². The topological polar surface area (TPSA) is 76.7 Å². The molecule has 9 heteroatoms. The van der Waals surface area contributed by atoms with Crippen LogP contribution in [-0.4, -0.2) is 20.2 Å². The second-order valence-electron chi connectivity index (χ2n) is 5.58. The van der Waals surface area contributed by atoms with Crippen LogP contribution in [0.2, 0.25) is 0 Å². The summed E-state index contributed by atoms with van der Waals surface area (Å²) < 4.78 is 43.0. The van der Waals surface area contributed by atoms with Crippen molar-refractivity contribution in [2.45, 2.75) is 32.2 Å². The van der Waals surface area contributed by atoms with Crippen LogP contribution in [0.5, 0.6) is 0 Å². The lowest BCUT2D eigenvalue weighted by molar-refractivity contribution is 0.116. The maximum absolute atomic E-state index is 13.1. The molecule has 0 saturated heterocycles. The summed E-state index contributed by atoms with van der Waals surface area (Å²) in [6, 6.07) is 6.14. The van der Waals surface area contributed by atoms with Crippen LogP contribution in [0.25, 0.3) is 11.5 Å². The van der Waals surface area contributed by atoms with Crippen LogP contribution in [-0.2, 0) is 0 Å². The zero-order valence-electron chi connectivity index (χ0n) is 13.9. The summed E-state index contributed by atoms with van der Waals surface area (Å²) in [5.74, 6) is -0.769. The van der Waals surface area contributed by atoms with Gasteiger partial charge in [-0.25, -0.2) is 14.4 Å². The van der Waals surface area contributed by atoms with Crippen LogP contribution in [0, 0.1) is 5.82 Å². The minimum absolute atomic E-state index is 0.0736. The highest BCUT2D eigenvalue weighted by Gasteiger charge is 2.18. The molecule has 3 aromatic rings. The van der Waals surface area contributed by atoms with E-state index in [-0.39, 0.29) is 17.7 Å². The fraction of sp³-hybridized carbons (Fsp3) is 0.294. The van der Waals surface area contributed by atoms with E-state index in [1.54, 1.807) is 12.1 Å². The fourth-order valence-electron chi connectivity index (χ4n) is 2.41. The third kappa shape index (κ3) is 4.16. The van der Waals surface area contributed by atoms with E-state index >= 15 is 0 Å². The van der Waals surface area contributed by atoms with E-state index in [4.69, 9.17) is 4.42 Å². The Labute approximate surface area is 147 Å². The van der Waals surface area contributed by atoms with Crippen LogP contribution in [0.1, 0.15) is 43.7 Å². The molecule has 1 aromatic carbocycles. The maximum Gasteiger partial charge on any atom is 0.314 e. The minimum atomic E-state index is -2.83. The van der Waals surface area contributed by atoms with Crippen molar-refractivity contribution in [2.24, 2.45) is 0 Å². The van der Waals surface area contributed by atoms with E-state index in [1.807, 2.05) is 6.92 Å². The zero-order chi connectivity index (χ0) is 18.5. The Hall–Kier alpha value is -2.97. The summed E-state index contributed by atoms with van der Waals surface area (Å²) in [4.78, 5) is 8.33. The van der Waals surface area contributed by atoms with Gasteiger partial charge in [0.1, 0.15) is 5.82 Å². The molecule has 2 heterocycles. The highest BCUT2D eigenvalue weighted by Crippen LogP contribution is 2.25. The second-order valence-corrected chi connectivity index (χ2v) is 5.58. The standard InChI is InChI=1S/C17H16F3N5O/c1-2-3-13(10-4-6-12(18)7-5-10)23-17-21-8-11(9-22-17)15-24-25-16(26-15)14(19)20/h4-9,13-14H,2-3H2,1H3,(H,21,22,23). The molecule has 0 aliphatic carbocycles. The number of benzene rings is 1. The van der Waals surface area contributed by atoms with Gasteiger partial charge in [0.15, 0.2) is 0 Å². The van der Waals surface area contributed by atoms with Crippen molar-refractivity contribution in [3.63, 3.8) is 0 Å². The SMILES string of the molecule is CCCC(Nc1ncc(-c2nnc(C(F)F)o2)cn1)c1ccc(F)cc1. The summed E-state index contributed by atoms with van der Waals surface area (Å²) in [7, 11) is 0. The fourth-order valence-corrected chi connectivity index (χ4v) is 2.41. The lowest BCUT2D eigenvalue weighted by Crippen LogP contribution is -2.12. The number of hydrogen-bond acceptors (Lipinski definition) is 6. The van der Waals surface area contributed by atoms with Crippen LogP contribution in [0.4, 0.5) is 19.1 Å². The summed E-state index contributed by atoms with van der Waals surface area (Å²) in [5.41, 5.74) is 1.25. The van der Waals surface area contributed by atoms with Crippen molar-refractivity contribution in [1.29, 1.82) is 0 Å². The number of halogens is 3. The largest absolute Gasteiger partial charge is 0.415 e. The number of aromatic nitrogens is 4. The Bertz CT molecular complexity index is 836. The van der Waals surface area contributed by atoms with Gasteiger partial charge in [-0.15, -0.1) is 10.2 Å². The van der Waals surface area contributed by atoms with Crippen LogP contribution in [0.3, 0.4) is 0 Å². The van der Waals surface area contributed by atoms with E-state index in [9.17, 15) is 13.2 Å². The molecule has 0 bridgehead atoms. The van der Waals surface area contributed by atoms with Gasteiger partial charge in [-0.05, 0) is 24.1 Å². The highest BCUT2D eigenvalue weighted by atomic mass is 19.3.